The van der Waals surface area contributed by atoms with E-state index in [4.69, 9.17) is 0 Å². The molecule has 0 bridgehead atoms. The smallest absolute Gasteiger partial charge is 0.222 e. The molecule has 0 aliphatic rings. The van der Waals surface area contributed by atoms with E-state index in [-0.39, 0.29) is 0 Å². The molecule has 1 N–H and O–H groups in total. The maximum absolute atomic E-state index is 13.4. The van der Waals surface area contributed by atoms with E-state index in [0.29, 0.717) is 31.3 Å². The number of hydrogen-bond acceptors (Lipinski definition) is 4. The summed E-state index contributed by atoms with van der Waals surface area (Å²) < 4.78 is 0. The number of rotatable bonds is 46. The van der Waals surface area contributed by atoms with E-state index in [9.17, 15) is 14.7 Å². The molecule has 0 rings (SSSR count). The highest BCUT2D eigenvalue weighted by Gasteiger charge is 2.15. The minimum atomic E-state index is 0.297. The molecule has 6 nitrogen and oxygen atoms in total. The summed E-state index contributed by atoms with van der Waals surface area (Å²) in [6.07, 6.45) is 43.0. The van der Waals surface area contributed by atoms with Gasteiger partial charge in [-0.05, 0) is 83.8 Å². The highest BCUT2D eigenvalue weighted by molar-refractivity contribution is 5.76. The molecular formula is C50H101N3O3. The topological polar surface area (TPSA) is 64.1 Å². The van der Waals surface area contributed by atoms with E-state index in [1.807, 2.05) is 0 Å². The molecule has 0 aromatic rings. The number of carbonyl (C=O) groups is 2. The summed E-state index contributed by atoms with van der Waals surface area (Å²) in [6.45, 7) is 16.5. The Morgan fingerprint density at radius 2 is 0.536 bits per heavy atom. The Hall–Kier alpha value is -1.14. The molecule has 0 unspecified atom stereocenters. The number of nitrogens with zero attached hydrogens (tertiary/aromatic N) is 3. The molecule has 0 aliphatic heterocycles. The van der Waals surface area contributed by atoms with Gasteiger partial charge in [0.2, 0.25) is 11.8 Å². The van der Waals surface area contributed by atoms with Gasteiger partial charge in [-0.1, -0.05) is 182 Å². The maximum Gasteiger partial charge on any atom is 0.222 e. The van der Waals surface area contributed by atoms with Crippen molar-refractivity contribution in [1.29, 1.82) is 0 Å². The third kappa shape index (κ3) is 37.2. The van der Waals surface area contributed by atoms with Crippen LogP contribution in [0.25, 0.3) is 0 Å². The quantitative estimate of drug-likeness (QED) is 0.0624. The van der Waals surface area contributed by atoms with Crippen LogP contribution in [0.4, 0.5) is 0 Å². The highest BCUT2D eigenvalue weighted by Crippen LogP contribution is 2.15. The molecule has 334 valence electrons. The summed E-state index contributed by atoms with van der Waals surface area (Å²) in [4.78, 5) is 33.8. The number of aliphatic hydroxyl groups excluding tert-OH is 1. The first-order chi connectivity index (χ1) is 27.5. The van der Waals surface area contributed by atoms with Gasteiger partial charge in [-0.25, -0.2) is 0 Å². The molecule has 0 saturated carbocycles. The van der Waals surface area contributed by atoms with Crippen LogP contribution in [0.2, 0.25) is 0 Å². The largest absolute Gasteiger partial charge is 0.396 e. The van der Waals surface area contributed by atoms with Crippen molar-refractivity contribution in [3.63, 3.8) is 0 Å². The van der Waals surface area contributed by atoms with E-state index in [1.54, 1.807) is 0 Å². The van der Waals surface area contributed by atoms with Gasteiger partial charge in [-0.15, -0.1) is 0 Å². The van der Waals surface area contributed by atoms with Gasteiger partial charge in [0.1, 0.15) is 0 Å². The van der Waals surface area contributed by atoms with Gasteiger partial charge in [-0.2, -0.15) is 0 Å². The van der Waals surface area contributed by atoms with Crippen molar-refractivity contribution in [3.8, 4) is 0 Å². The minimum absolute atomic E-state index is 0.297. The maximum atomic E-state index is 13.4. The van der Waals surface area contributed by atoms with E-state index < -0.39 is 0 Å². The Morgan fingerprint density at radius 3 is 0.821 bits per heavy atom. The Balaban J connectivity index is 4.78. The Bertz CT molecular complexity index is 718. The second-order valence-electron chi connectivity index (χ2n) is 17.4. The van der Waals surface area contributed by atoms with Crippen LogP contribution in [0, 0.1) is 0 Å². The molecule has 2 amide bonds. The monoisotopic (exact) mass is 792 g/mol. The molecule has 0 fully saturated rings. The molecule has 6 heteroatoms. The van der Waals surface area contributed by atoms with Gasteiger partial charge in [0.05, 0.1) is 0 Å². The average molecular weight is 792 g/mol. The normalized spacial score (nSPS) is 11.5. The van der Waals surface area contributed by atoms with Gasteiger partial charge >= 0.3 is 0 Å². The molecule has 0 spiro atoms. The molecule has 0 saturated heterocycles. The summed E-state index contributed by atoms with van der Waals surface area (Å²) in [6, 6.07) is 0. The fourth-order valence-electron chi connectivity index (χ4n) is 8.08. The van der Waals surface area contributed by atoms with Crippen molar-refractivity contribution in [2.75, 3.05) is 52.4 Å². The van der Waals surface area contributed by atoms with Gasteiger partial charge in [0, 0.05) is 45.6 Å². The highest BCUT2D eigenvalue weighted by atomic mass is 16.3. The molecule has 56 heavy (non-hydrogen) atoms. The first-order valence-electron chi connectivity index (χ1n) is 25.4. The van der Waals surface area contributed by atoms with Crippen molar-refractivity contribution >= 4 is 11.8 Å². The number of hydrogen-bond donors (Lipinski definition) is 1. The van der Waals surface area contributed by atoms with E-state index in [0.717, 1.165) is 123 Å². The molecule has 0 aliphatic carbocycles. The fourth-order valence-corrected chi connectivity index (χ4v) is 8.08. The van der Waals surface area contributed by atoms with Crippen molar-refractivity contribution in [2.24, 2.45) is 0 Å². The zero-order valence-electron chi connectivity index (χ0n) is 38.7. The molecule has 0 aromatic carbocycles. The Morgan fingerprint density at radius 1 is 0.304 bits per heavy atom. The molecule has 0 heterocycles. The Kier molecular flexibility index (Phi) is 44.0. The lowest BCUT2D eigenvalue weighted by Crippen LogP contribution is -2.33. The lowest BCUT2D eigenvalue weighted by Gasteiger charge is -2.24. The van der Waals surface area contributed by atoms with Gasteiger partial charge in [0.15, 0.2) is 0 Å². The van der Waals surface area contributed by atoms with Crippen LogP contribution in [0.1, 0.15) is 259 Å². The van der Waals surface area contributed by atoms with Crippen LogP contribution < -0.4 is 0 Å². The third-order valence-corrected chi connectivity index (χ3v) is 11.9. The number of unbranched alkanes of at least 4 members (excludes halogenated alkanes) is 27. The predicted octanol–water partition coefficient (Wildman–Crippen LogP) is 14.1. The minimum Gasteiger partial charge on any atom is -0.396 e. The first kappa shape index (κ1) is 54.9. The molecule has 0 radical (unpaired) electrons. The molecule has 0 atom stereocenters. The van der Waals surface area contributed by atoms with Crippen molar-refractivity contribution in [3.05, 3.63) is 0 Å². The number of carbonyl (C=O) groups excluding carboxylic acids is 2. The van der Waals surface area contributed by atoms with Crippen LogP contribution in [-0.2, 0) is 9.59 Å². The SMILES string of the molecule is CCCCCCCCN(CCCCCCCC)C(=O)CCCCCN(CCCCCCO)CCCCCC(=O)N(CCCCCCCC)CCCCCCCC. The van der Waals surface area contributed by atoms with Crippen molar-refractivity contribution in [1.82, 2.24) is 14.7 Å². The standard InChI is InChI=1S/C50H101N3O3/c1-5-9-13-17-21-34-44-52(45-35-22-18-14-10-6-2)49(55)39-29-27-32-42-51(41-31-25-26-38-48-54)43-33-28-30-40-50(56)53(46-36-23-19-15-11-7-3)47-37-24-20-16-12-8-4/h54H,5-48H2,1-4H3. The predicted molar refractivity (Wildman–Crippen MR) is 246 cm³/mol. The van der Waals surface area contributed by atoms with Crippen LogP contribution in [0.15, 0.2) is 0 Å². The lowest BCUT2D eigenvalue weighted by atomic mass is 10.1. The van der Waals surface area contributed by atoms with Crippen LogP contribution in [0.3, 0.4) is 0 Å². The average Bonchev–Trinajstić information content (AvgIpc) is 3.20. The van der Waals surface area contributed by atoms with Crippen molar-refractivity contribution in [2.45, 2.75) is 259 Å². The summed E-state index contributed by atoms with van der Waals surface area (Å²) >= 11 is 0. The molecule has 0 aromatic heterocycles. The number of aliphatic hydroxyl groups is 1. The van der Waals surface area contributed by atoms with Gasteiger partial charge < -0.3 is 19.8 Å². The second-order valence-corrected chi connectivity index (χ2v) is 17.4. The summed E-state index contributed by atoms with van der Waals surface area (Å²) in [7, 11) is 0. The van der Waals surface area contributed by atoms with Gasteiger partial charge in [-0.3, -0.25) is 9.59 Å². The summed E-state index contributed by atoms with van der Waals surface area (Å²) in [5, 5.41) is 9.22. The zero-order chi connectivity index (χ0) is 41.0. The van der Waals surface area contributed by atoms with Crippen LogP contribution in [0.5, 0.6) is 0 Å². The van der Waals surface area contributed by atoms with E-state index in [2.05, 4.69) is 42.4 Å². The van der Waals surface area contributed by atoms with Crippen molar-refractivity contribution < 1.29 is 14.7 Å². The Labute approximate surface area is 351 Å². The van der Waals surface area contributed by atoms with E-state index in [1.165, 1.54) is 141 Å². The van der Waals surface area contributed by atoms with Crippen LogP contribution >= 0.6 is 0 Å². The second kappa shape index (κ2) is 45.0. The fraction of sp³-hybridized carbons (Fsp3) is 0.960. The third-order valence-electron chi connectivity index (χ3n) is 11.9. The number of amides is 2. The van der Waals surface area contributed by atoms with E-state index >= 15 is 0 Å². The lowest BCUT2D eigenvalue weighted by molar-refractivity contribution is -0.132. The van der Waals surface area contributed by atoms with Gasteiger partial charge in [0.25, 0.3) is 0 Å². The molecular weight excluding hydrogens is 691 g/mol. The van der Waals surface area contributed by atoms with Crippen LogP contribution in [-0.4, -0.2) is 84.0 Å². The summed E-state index contributed by atoms with van der Waals surface area (Å²) in [5.41, 5.74) is 0. The zero-order valence-corrected chi connectivity index (χ0v) is 38.7. The summed E-state index contributed by atoms with van der Waals surface area (Å²) in [5.74, 6) is 0.778. The first-order valence-corrected chi connectivity index (χ1v) is 25.4.